The van der Waals surface area contributed by atoms with E-state index in [-0.39, 0.29) is 24.2 Å². The third-order valence-corrected chi connectivity index (χ3v) is 4.36. The minimum Gasteiger partial charge on any atom is -0.434 e. The van der Waals surface area contributed by atoms with Crippen molar-refractivity contribution in [1.29, 1.82) is 0 Å². The van der Waals surface area contributed by atoms with Crippen molar-refractivity contribution < 1.29 is 18.3 Å². The molecule has 6 nitrogen and oxygen atoms in total. The molecule has 1 aliphatic heterocycles. The van der Waals surface area contributed by atoms with Crippen LogP contribution in [0.5, 0.6) is 5.75 Å². The van der Waals surface area contributed by atoms with Crippen LogP contribution in [0, 0.1) is 6.92 Å². The van der Waals surface area contributed by atoms with Gasteiger partial charge < -0.3 is 15.4 Å². The van der Waals surface area contributed by atoms with E-state index in [1.54, 1.807) is 29.1 Å². The Kier molecular flexibility index (Phi) is 5.82. The maximum Gasteiger partial charge on any atom is 0.387 e. The first kappa shape index (κ1) is 18.3. The first-order valence-corrected chi connectivity index (χ1v) is 8.61. The molecular formula is C18H22F2N4O2. The Morgan fingerprint density at radius 2 is 2.31 bits per heavy atom. The van der Waals surface area contributed by atoms with Gasteiger partial charge in [-0.1, -0.05) is 17.7 Å². The van der Waals surface area contributed by atoms with Gasteiger partial charge in [0, 0.05) is 24.8 Å². The number of rotatable bonds is 6. The van der Waals surface area contributed by atoms with Gasteiger partial charge in [0.25, 0.3) is 5.91 Å². The molecule has 0 aliphatic carbocycles. The molecule has 1 atom stereocenters. The van der Waals surface area contributed by atoms with Gasteiger partial charge in [-0.15, -0.1) is 0 Å². The summed E-state index contributed by atoms with van der Waals surface area (Å²) < 4.78 is 31.3. The van der Waals surface area contributed by atoms with E-state index < -0.39 is 6.61 Å². The fraction of sp³-hybridized carbons (Fsp3) is 0.444. The van der Waals surface area contributed by atoms with Crippen LogP contribution in [-0.4, -0.2) is 35.4 Å². The Balaban J connectivity index is 1.64. The van der Waals surface area contributed by atoms with Gasteiger partial charge in [0.15, 0.2) is 0 Å². The van der Waals surface area contributed by atoms with E-state index in [2.05, 4.69) is 20.5 Å². The first-order valence-electron chi connectivity index (χ1n) is 8.61. The summed E-state index contributed by atoms with van der Waals surface area (Å²) in [5.74, 6) is -0.290. The number of ether oxygens (including phenoxy) is 1. The summed E-state index contributed by atoms with van der Waals surface area (Å²) in [6, 6.07) is 6.78. The average Bonchev–Trinajstić information content (AvgIpc) is 3.12. The first-order chi connectivity index (χ1) is 12.5. The Hall–Kier alpha value is -2.48. The number of benzene rings is 1. The largest absolute Gasteiger partial charge is 0.434 e. The van der Waals surface area contributed by atoms with Crippen molar-refractivity contribution in [1.82, 2.24) is 20.4 Å². The molecule has 140 valence electrons. The summed E-state index contributed by atoms with van der Waals surface area (Å²) in [5.41, 5.74) is 1.69. The van der Waals surface area contributed by atoms with Gasteiger partial charge in [-0.3, -0.25) is 9.48 Å². The summed E-state index contributed by atoms with van der Waals surface area (Å²) >= 11 is 0. The lowest BCUT2D eigenvalue weighted by atomic mass is 10.1. The highest BCUT2D eigenvalue weighted by Crippen LogP contribution is 2.22. The van der Waals surface area contributed by atoms with Crippen LogP contribution in [0.1, 0.15) is 40.5 Å². The quantitative estimate of drug-likeness (QED) is 0.827. The van der Waals surface area contributed by atoms with Crippen LogP contribution >= 0.6 is 0 Å². The lowest BCUT2D eigenvalue weighted by Crippen LogP contribution is -2.32. The molecule has 1 fully saturated rings. The summed E-state index contributed by atoms with van der Waals surface area (Å²) in [7, 11) is 0. The summed E-state index contributed by atoms with van der Waals surface area (Å²) in [6.07, 6.45) is 3.89. The molecule has 2 heterocycles. The average molecular weight is 364 g/mol. The van der Waals surface area contributed by atoms with E-state index in [9.17, 15) is 13.6 Å². The second-order valence-electron chi connectivity index (χ2n) is 6.35. The zero-order chi connectivity index (χ0) is 18.5. The van der Waals surface area contributed by atoms with Gasteiger partial charge in [0.05, 0.1) is 6.04 Å². The minimum absolute atomic E-state index is 0.0599. The number of nitrogens with zero attached hydrogens (tertiary/aromatic N) is 2. The fourth-order valence-electron chi connectivity index (χ4n) is 3.05. The molecule has 1 amide bonds. The van der Waals surface area contributed by atoms with Gasteiger partial charge in [-0.25, -0.2) is 0 Å². The zero-order valence-electron chi connectivity index (χ0n) is 14.5. The molecule has 8 heteroatoms. The number of aromatic nitrogens is 2. The molecule has 0 radical (unpaired) electrons. The number of amides is 1. The molecule has 0 saturated carbocycles. The standard InChI is InChI=1S/C18H22F2N4O2/c1-12-4-5-16(26-18(19)20)13(9-12)10-22-17(25)15-6-8-24(23-15)14-3-2-7-21-11-14/h4-6,8-9,14,18,21H,2-3,7,10-11H2,1H3,(H,22,25). The van der Waals surface area contributed by atoms with E-state index in [4.69, 9.17) is 0 Å². The third-order valence-electron chi connectivity index (χ3n) is 4.36. The molecule has 1 aromatic heterocycles. The predicted molar refractivity (Wildman–Crippen MR) is 92.3 cm³/mol. The molecule has 1 aromatic carbocycles. The van der Waals surface area contributed by atoms with E-state index >= 15 is 0 Å². The number of halogens is 2. The minimum atomic E-state index is -2.91. The number of carbonyl (C=O) groups is 1. The number of piperidine rings is 1. The van der Waals surface area contributed by atoms with Gasteiger partial charge >= 0.3 is 6.61 Å². The highest BCUT2D eigenvalue weighted by molar-refractivity contribution is 5.92. The third kappa shape index (κ3) is 4.57. The SMILES string of the molecule is Cc1ccc(OC(F)F)c(CNC(=O)c2ccn(C3CCCNC3)n2)c1. The molecular weight excluding hydrogens is 342 g/mol. The van der Waals surface area contributed by atoms with Crippen LogP contribution in [0.25, 0.3) is 0 Å². The number of hydrogen-bond donors (Lipinski definition) is 2. The van der Waals surface area contributed by atoms with Crippen LogP contribution in [0.15, 0.2) is 30.5 Å². The Morgan fingerprint density at radius 3 is 3.04 bits per heavy atom. The Labute approximate surface area is 150 Å². The number of hydrogen-bond acceptors (Lipinski definition) is 4. The van der Waals surface area contributed by atoms with E-state index in [1.807, 2.05) is 6.92 Å². The van der Waals surface area contributed by atoms with Crippen molar-refractivity contribution in [2.75, 3.05) is 13.1 Å². The van der Waals surface area contributed by atoms with Crippen molar-refractivity contribution in [3.63, 3.8) is 0 Å². The maximum absolute atomic E-state index is 12.5. The van der Waals surface area contributed by atoms with Gasteiger partial charge in [0.2, 0.25) is 0 Å². The second kappa shape index (κ2) is 8.27. The highest BCUT2D eigenvalue weighted by atomic mass is 19.3. The zero-order valence-corrected chi connectivity index (χ0v) is 14.5. The van der Waals surface area contributed by atoms with Crippen molar-refractivity contribution in [2.45, 2.75) is 39.0 Å². The smallest absolute Gasteiger partial charge is 0.387 e. The van der Waals surface area contributed by atoms with E-state index in [0.29, 0.717) is 11.3 Å². The van der Waals surface area contributed by atoms with Crippen molar-refractivity contribution in [3.8, 4) is 5.75 Å². The van der Waals surface area contributed by atoms with Crippen molar-refractivity contribution >= 4 is 5.91 Å². The molecule has 1 unspecified atom stereocenters. The van der Waals surface area contributed by atoms with E-state index in [1.165, 1.54) is 6.07 Å². The molecule has 1 saturated heterocycles. The van der Waals surface area contributed by atoms with Crippen LogP contribution < -0.4 is 15.4 Å². The number of aryl methyl sites for hydroxylation is 1. The molecule has 2 N–H and O–H groups in total. The van der Waals surface area contributed by atoms with Gasteiger partial charge in [0.1, 0.15) is 11.4 Å². The number of alkyl halides is 2. The summed E-state index contributed by atoms with van der Waals surface area (Å²) in [5, 5.41) is 10.4. The summed E-state index contributed by atoms with van der Waals surface area (Å²) in [6.45, 7) is 0.856. The maximum atomic E-state index is 12.5. The summed E-state index contributed by atoms with van der Waals surface area (Å²) in [4.78, 5) is 12.3. The van der Waals surface area contributed by atoms with Crippen LogP contribution in [-0.2, 0) is 6.54 Å². The van der Waals surface area contributed by atoms with Crippen molar-refractivity contribution in [2.24, 2.45) is 0 Å². The van der Waals surface area contributed by atoms with Crippen LogP contribution in [0.3, 0.4) is 0 Å². The van der Waals surface area contributed by atoms with Crippen molar-refractivity contribution in [3.05, 3.63) is 47.3 Å². The lowest BCUT2D eigenvalue weighted by Gasteiger charge is -2.22. The molecule has 0 bridgehead atoms. The lowest BCUT2D eigenvalue weighted by molar-refractivity contribution is -0.0504. The number of carbonyl (C=O) groups excluding carboxylic acids is 1. The molecule has 3 rings (SSSR count). The number of nitrogens with one attached hydrogen (secondary N) is 2. The van der Waals surface area contributed by atoms with E-state index in [0.717, 1.165) is 31.5 Å². The topological polar surface area (TPSA) is 68.2 Å². The molecule has 2 aromatic rings. The molecule has 1 aliphatic rings. The predicted octanol–water partition coefficient (Wildman–Crippen LogP) is 2.65. The fourth-order valence-corrected chi connectivity index (χ4v) is 3.05. The van der Waals surface area contributed by atoms with Crippen LogP contribution in [0.2, 0.25) is 0 Å². The van der Waals surface area contributed by atoms with Gasteiger partial charge in [-0.05, 0) is 38.4 Å². The monoisotopic (exact) mass is 364 g/mol. The highest BCUT2D eigenvalue weighted by Gasteiger charge is 2.18. The second-order valence-corrected chi connectivity index (χ2v) is 6.35. The molecule has 26 heavy (non-hydrogen) atoms. The Bertz CT molecular complexity index is 757. The normalized spacial score (nSPS) is 17.3. The Morgan fingerprint density at radius 1 is 1.46 bits per heavy atom. The molecule has 0 spiro atoms. The van der Waals surface area contributed by atoms with Gasteiger partial charge in [-0.2, -0.15) is 13.9 Å². The van der Waals surface area contributed by atoms with Crippen LogP contribution in [0.4, 0.5) is 8.78 Å².